The van der Waals surface area contributed by atoms with Crippen LogP contribution in [0.15, 0.2) is 48.5 Å². The molecule has 9 nitrogen and oxygen atoms in total. The fourth-order valence-electron chi connectivity index (χ4n) is 5.00. The molecular formula is C32H43ClN4O5. The third-order valence-corrected chi connectivity index (χ3v) is 7.57. The molecule has 0 saturated heterocycles. The Bertz CT molecular complexity index is 1250. The van der Waals surface area contributed by atoms with Gasteiger partial charge in [0, 0.05) is 18.6 Å². The van der Waals surface area contributed by atoms with E-state index < -0.39 is 29.8 Å². The molecule has 2 aromatic rings. The van der Waals surface area contributed by atoms with Crippen molar-refractivity contribution in [3.8, 4) is 5.75 Å². The van der Waals surface area contributed by atoms with E-state index in [9.17, 15) is 19.2 Å². The number of hydrogen-bond donors (Lipinski definition) is 3. The number of ether oxygens (including phenoxy) is 1. The summed E-state index contributed by atoms with van der Waals surface area (Å²) in [5.74, 6) is -1.04. The van der Waals surface area contributed by atoms with Gasteiger partial charge in [-0.3, -0.25) is 19.2 Å². The lowest BCUT2D eigenvalue weighted by Crippen LogP contribution is -2.54. The average molecular weight is 599 g/mol. The highest BCUT2D eigenvalue weighted by Crippen LogP contribution is 2.22. The third-order valence-electron chi connectivity index (χ3n) is 7.20. The van der Waals surface area contributed by atoms with E-state index in [-0.39, 0.29) is 48.9 Å². The predicted molar refractivity (Wildman–Crippen MR) is 163 cm³/mol. The smallest absolute Gasteiger partial charge is 0.255 e. The minimum Gasteiger partial charge on any atom is -0.491 e. The van der Waals surface area contributed by atoms with Gasteiger partial charge in [0.05, 0.1) is 18.0 Å². The maximum atomic E-state index is 13.7. The van der Waals surface area contributed by atoms with Gasteiger partial charge in [-0.05, 0) is 54.9 Å². The molecule has 3 N–H and O–H groups in total. The lowest BCUT2D eigenvalue weighted by molar-refractivity contribution is -0.138. The van der Waals surface area contributed by atoms with E-state index >= 15 is 0 Å². The van der Waals surface area contributed by atoms with Crippen molar-refractivity contribution in [1.82, 2.24) is 20.9 Å². The van der Waals surface area contributed by atoms with Crippen molar-refractivity contribution in [3.05, 3.63) is 64.7 Å². The first-order chi connectivity index (χ1) is 20.0. The highest BCUT2D eigenvalue weighted by Gasteiger charge is 2.32. The zero-order valence-electron chi connectivity index (χ0n) is 25.1. The van der Waals surface area contributed by atoms with Gasteiger partial charge < -0.3 is 25.6 Å². The van der Waals surface area contributed by atoms with Crippen LogP contribution in [0.5, 0.6) is 5.75 Å². The van der Waals surface area contributed by atoms with Gasteiger partial charge >= 0.3 is 0 Å². The van der Waals surface area contributed by atoms with Gasteiger partial charge in [-0.25, -0.2) is 0 Å². The fourth-order valence-corrected chi connectivity index (χ4v) is 5.23. The van der Waals surface area contributed by atoms with Crippen LogP contribution in [-0.2, 0) is 20.8 Å². The number of hydrogen-bond acceptors (Lipinski definition) is 5. The number of rotatable bonds is 8. The molecule has 0 radical (unpaired) electrons. The van der Waals surface area contributed by atoms with Crippen molar-refractivity contribution in [1.29, 1.82) is 0 Å². The molecule has 4 amide bonds. The molecule has 0 spiro atoms. The maximum absolute atomic E-state index is 13.7. The zero-order valence-corrected chi connectivity index (χ0v) is 25.9. The summed E-state index contributed by atoms with van der Waals surface area (Å²) < 4.78 is 6.14. The number of nitrogens with one attached hydrogen (secondary N) is 3. The van der Waals surface area contributed by atoms with Crippen molar-refractivity contribution in [2.24, 2.45) is 11.8 Å². The highest BCUT2D eigenvalue weighted by atomic mass is 35.5. The van der Waals surface area contributed by atoms with E-state index in [2.05, 4.69) is 29.8 Å². The van der Waals surface area contributed by atoms with Crippen LogP contribution in [0.3, 0.4) is 0 Å². The molecule has 0 unspecified atom stereocenters. The summed E-state index contributed by atoms with van der Waals surface area (Å²) in [4.78, 5) is 55.4. The number of para-hydroxylation sites is 1. The van der Waals surface area contributed by atoms with Gasteiger partial charge in [0.15, 0.2) is 0 Å². The van der Waals surface area contributed by atoms with Crippen LogP contribution in [0.2, 0.25) is 5.02 Å². The van der Waals surface area contributed by atoms with Crippen molar-refractivity contribution in [2.45, 2.75) is 71.5 Å². The Morgan fingerprint density at radius 3 is 2.36 bits per heavy atom. The van der Waals surface area contributed by atoms with Crippen LogP contribution in [0.25, 0.3) is 0 Å². The summed E-state index contributed by atoms with van der Waals surface area (Å²) in [5.41, 5.74) is 1.10. The first-order valence-electron chi connectivity index (χ1n) is 14.6. The van der Waals surface area contributed by atoms with E-state index in [4.69, 9.17) is 16.3 Å². The van der Waals surface area contributed by atoms with Gasteiger partial charge in [-0.2, -0.15) is 0 Å². The Morgan fingerprint density at radius 1 is 1.00 bits per heavy atom. The minimum atomic E-state index is -1.18. The Balaban J connectivity index is 1.90. The lowest BCUT2D eigenvalue weighted by atomic mass is 9.99. The number of benzene rings is 2. The van der Waals surface area contributed by atoms with Crippen molar-refractivity contribution in [3.63, 3.8) is 0 Å². The Kier molecular flexibility index (Phi) is 12.2. The molecule has 228 valence electrons. The number of fused-ring (bicyclic) bond motifs is 1. The lowest BCUT2D eigenvalue weighted by Gasteiger charge is -2.33. The van der Waals surface area contributed by atoms with Crippen LogP contribution in [0, 0.1) is 11.8 Å². The molecule has 1 heterocycles. The summed E-state index contributed by atoms with van der Waals surface area (Å²) in [6.07, 6.45) is 1.24. The minimum absolute atomic E-state index is 0.127. The second kappa shape index (κ2) is 15.6. The number of amides is 4. The first-order valence-corrected chi connectivity index (χ1v) is 14.9. The molecule has 0 aliphatic carbocycles. The second-order valence-electron chi connectivity index (χ2n) is 11.7. The van der Waals surface area contributed by atoms with Crippen molar-refractivity contribution >= 4 is 35.2 Å². The van der Waals surface area contributed by atoms with E-state index in [0.29, 0.717) is 30.0 Å². The van der Waals surface area contributed by atoms with Crippen LogP contribution in [0.4, 0.5) is 0 Å². The number of nitrogens with zero attached hydrogens (tertiary/aromatic N) is 1. The van der Waals surface area contributed by atoms with Gasteiger partial charge in [0.2, 0.25) is 17.7 Å². The Morgan fingerprint density at radius 2 is 1.67 bits per heavy atom. The summed E-state index contributed by atoms with van der Waals surface area (Å²) in [7, 11) is 1.72. The molecule has 1 aliphatic heterocycles. The number of halogens is 1. The van der Waals surface area contributed by atoms with Gasteiger partial charge in [0.1, 0.15) is 24.4 Å². The topological polar surface area (TPSA) is 117 Å². The van der Waals surface area contributed by atoms with Gasteiger partial charge in [0.25, 0.3) is 5.91 Å². The summed E-state index contributed by atoms with van der Waals surface area (Å²) in [6, 6.07) is 11.8. The molecule has 0 saturated carbocycles. The molecule has 0 aromatic heterocycles. The van der Waals surface area contributed by atoms with E-state index in [0.717, 1.165) is 5.56 Å². The van der Waals surface area contributed by atoms with Crippen LogP contribution in [0.1, 0.15) is 62.9 Å². The molecular weight excluding hydrogens is 556 g/mol. The molecule has 2 aromatic carbocycles. The second-order valence-corrected chi connectivity index (χ2v) is 12.1. The predicted octanol–water partition coefficient (Wildman–Crippen LogP) is 3.98. The summed E-state index contributed by atoms with van der Waals surface area (Å²) in [6.45, 7) is 8.51. The molecule has 10 heteroatoms. The van der Waals surface area contributed by atoms with Crippen molar-refractivity contribution in [2.75, 3.05) is 20.2 Å². The van der Waals surface area contributed by atoms with Crippen LogP contribution in [-0.4, -0.2) is 66.9 Å². The van der Waals surface area contributed by atoms with E-state index in [1.54, 1.807) is 42.3 Å². The Hall–Kier alpha value is -3.59. The monoisotopic (exact) mass is 598 g/mol. The quantitative estimate of drug-likeness (QED) is 0.425. The van der Waals surface area contributed by atoms with Crippen molar-refractivity contribution < 1.29 is 23.9 Å². The number of carbonyl (C=O) groups excluding carboxylic acids is 4. The van der Waals surface area contributed by atoms with E-state index in [1.165, 1.54) is 0 Å². The highest BCUT2D eigenvalue weighted by molar-refractivity contribution is 6.31. The van der Waals surface area contributed by atoms with Gasteiger partial charge in [-0.1, -0.05) is 69.6 Å². The van der Waals surface area contributed by atoms with Crippen LogP contribution < -0.4 is 20.7 Å². The Labute approximate surface area is 253 Å². The first kappa shape index (κ1) is 32.9. The maximum Gasteiger partial charge on any atom is 0.255 e. The molecule has 0 bridgehead atoms. The SMILES string of the molecule is CC(C)C[C@H]1COc2ccccc2C(=O)N[C@H](C(=O)NCCc2ccccc2Cl)CC(=O)N[C@H](CC(C)C)C(=O)N1C. The average Bonchev–Trinajstić information content (AvgIpc) is 2.94. The van der Waals surface area contributed by atoms with E-state index in [1.807, 2.05) is 32.0 Å². The molecule has 0 fully saturated rings. The largest absolute Gasteiger partial charge is 0.491 e. The molecule has 3 rings (SSSR count). The third kappa shape index (κ3) is 9.48. The van der Waals surface area contributed by atoms with Gasteiger partial charge in [-0.15, -0.1) is 0 Å². The fraction of sp³-hybridized carbons (Fsp3) is 0.500. The number of carbonyl (C=O) groups is 4. The summed E-state index contributed by atoms with van der Waals surface area (Å²) in [5, 5.41) is 8.97. The normalized spacial score (nSPS) is 20.3. The molecule has 3 atom stereocenters. The number of likely N-dealkylation sites (N-methyl/N-ethyl adjacent to an activating group) is 1. The standard InChI is InChI=1S/C32H43ClN4O5/c1-20(2)16-23-19-42-28-13-9-7-11-24(28)30(39)36-26(31(40)34-15-14-22-10-6-8-12-25(22)33)18-29(38)35-27(17-21(3)4)32(41)37(23)5/h6-13,20-21,23,26-27H,14-19H2,1-5H3,(H,34,40)(H,35,38)(H,36,39)/t23-,26-,27+/m0/s1. The molecule has 42 heavy (non-hydrogen) atoms. The molecule has 1 aliphatic rings. The summed E-state index contributed by atoms with van der Waals surface area (Å²) >= 11 is 6.24. The zero-order chi connectivity index (χ0) is 30.8. The van der Waals surface area contributed by atoms with Crippen LogP contribution >= 0.6 is 11.6 Å².